The molecule has 4 saturated carbocycles. The number of amides is 2. The molecule has 11 nitrogen and oxygen atoms in total. The number of ether oxygens (including phenoxy) is 2. The van der Waals surface area contributed by atoms with E-state index in [-0.39, 0.29) is 46.9 Å². The molecule has 0 unspecified atom stereocenters. The Kier molecular flexibility index (Phi) is 9.95. The van der Waals surface area contributed by atoms with Gasteiger partial charge in [-0.25, -0.2) is 4.79 Å². The zero-order chi connectivity index (χ0) is 35.8. The van der Waals surface area contributed by atoms with Gasteiger partial charge in [0.2, 0.25) is 0 Å². The molecule has 3 aromatic carbocycles. The van der Waals surface area contributed by atoms with Gasteiger partial charge in [-0.3, -0.25) is 15.0 Å². The molecule has 2 amide bonds. The molecule has 4 bridgehead atoms. The highest BCUT2D eigenvalue weighted by molar-refractivity contribution is 5.75. The maximum atomic E-state index is 13.1. The Morgan fingerprint density at radius 3 is 2.04 bits per heavy atom. The standard InChI is InChI=1S/C41H51N5O6/c1-27-37(25-44-14-16-45(17-15-44)35-10-12-36(13-11-35)46(49)50)51-39(52-38(27)33-6-4-29(26-47)5-7-33)34-8-2-28(3-9-34)24-42-40(48)43-41-21-30-18-31(22-41)20-32(19-30)23-41/h2-13,27,30-32,37-39,47H,14-26H2,1H3,(H2,42,43,48)/t27-,30?,31?,32?,37+,38+,39+,41?/m0/s1. The number of anilines is 1. The lowest BCUT2D eigenvalue weighted by molar-refractivity contribution is -0.384. The Morgan fingerprint density at radius 1 is 0.846 bits per heavy atom. The average molecular weight is 710 g/mol. The third-order valence-corrected chi connectivity index (χ3v) is 12.5. The lowest BCUT2D eigenvalue weighted by Crippen LogP contribution is -2.61. The molecule has 6 aliphatic rings. The van der Waals surface area contributed by atoms with E-state index < -0.39 is 6.29 Å². The highest BCUT2D eigenvalue weighted by Crippen LogP contribution is 2.55. The summed E-state index contributed by atoms with van der Waals surface area (Å²) < 4.78 is 13.4. The van der Waals surface area contributed by atoms with Crippen molar-refractivity contribution in [3.63, 3.8) is 0 Å². The first-order chi connectivity index (χ1) is 25.2. The molecule has 3 aromatic rings. The summed E-state index contributed by atoms with van der Waals surface area (Å²) in [6.45, 7) is 6.72. The molecule has 4 atom stereocenters. The van der Waals surface area contributed by atoms with Gasteiger partial charge in [0.05, 0.1) is 23.7 Å². The molecule has 3 N–H and O–H groups in total. The van der Waals surface area contributed by atoms with Crippen LogP contribution in [0.3, 0.4) is 0 Å². The summed E-state index contributed by atoms with van der Waals surface area (Å²) in [5, 5.41) is 27.3. The van der Waals surface area contributed by atoms with Crippen molar-refractivity contribution in [3.8, 4) is 0 Å². The third-order valence-electron chi connectivity index (χ3n) is 12.5. The van der Waals surface area contributed by atoms with E-state index in [4.69, 9.17) is 9.47 Å². The topological polar surface area (TPSA) is 129 Å². The van der Waals surface area contributed by atoms with Crippen LogP contribution in [-0.2, 0) is 22.6 Å². The summed E-state index contributed by atoms with van der Waals surface area (Å²) in [4.78, 5) is 28.5. The molecule has 2 aliphatic heterocycles. The zero-order valence-electron chi connectivity index (χ0n) is 30.0. The maximum Gasteiger partial charge on any atom is 0.315 e. The molecule has 276 valence electrons. The first-order valence-electron chi connectivity index (χ1n) is 19.1. The first-order valence-corrected chi connectivity index (χ1v) is 19.1. The quantitative estimate of drug-likeness (QED) is 0.162. The van der Waals surface area contributed by atoms with Gasteiger partial charge in [-0.1, -0.05) is 55.5 Å². The van der Waals surface area contributed by atoms with Crippen LogP contribution in [0.15, 0.2) is 72.8 Å². The number of nitrogens with one attached hydrogen (secondary N) is 2. The number of aliphatic hydroxyl groups excluding tert-OH is 1. The molecule has 6 fully saturated rings. The number of rotatable bonds is 10. The smallest absolute Gasteiger partial charge is 0.315 e. The summed E-state index contributed by atoms with van der Waals surface area (Å²) >= 11 is 0. The number of carbonyl (C=O) groups excluding carboxylic acids is 1. The van der Waals surface area contributed by atoms with E-state index in [1.54, 1.807) is 12.1 Å². The van der Waals surface area contributed by atoms with Gasteiger partial charge < -0.3 is 30.1 Å². The zero-order valence-corrected chi connectivity index (χ0v) is 30.0. The summed E-state index contributed by atoms with van der Waals surface area (Å²) in [5.74, 6) is 2.42. The van der Waals surface area contributed by atoms with Gasteiger partial charge >= 0.3 is 6.03 Å². The van der Waals surface area contributed by atoms with Crippen molar-refractivity contribution in [2.75, 3.05) is 37.6 Å². The van der Waals surface area contributed by atoms with Crippen LogP contribution in [0.25, 0.3) is 0 Å². The lowest BCUT2D eigenvalue weighted by atomic mass is 9.53. The van der Waals surface area contributed by atoms with Gasteiger partial charge in [0.25, 0.3) is 5.69 Å². The third kappa shape index (κ3) is 7.55. The van der Waals surface area contributed by atoms with Crippen molar-refractivity contribution >= 4 is 17.4 Å². The van der Waals surface area contributed by atoms with E-state index in [2.05, 4.69) is 27.4 Å². The van der Waals surface area contributed by atoms with E-state index in [1.165, 1.54) is 19.3 Å². The molecule has 52 heavy (non-hydrogen) atoms. The number of aliphatic hydroxyl groups is 1. The number of non-ortho nitro benzene ring substituents is 1. The minimum absolute atomic E-state index is 0.00724. The van der Waals surface area contributed by atoms with Crippen molar-refractivity contribution in [1.82, 2.24) is 15.5 Å². The number of nitro benzene ring substituents is 1. The number of hydrogen-bond donors (Lipinski definition) is 3. The SMILES string of the molecule is C[C@H]1[C@@H](CN2CCN(c3ccc([N+](=O)[O-])cc3)CC2)O[C@@H](c2ccc(CNC(=O)NC34CC5CC(CC(C5)C3)C4)cc2)O[C@H]1c1ccc(CO)cc1. The van der Waals surface area contributed by atoms with Gasteiger partial charge in [-0.05, 0) is 85.1 Å². The second kappa shape index (κ2) is 14.8. The Hall–Kier alpha value is -4.03. The van der Waals surface area contributed by atoms with E-state index in [9.17, 15) is 20.0 Å². The van der Waals surface area contributed by atoms with Crippen LogP contribution in [0.5, 0.6) is 0 Å². The van der Waals surface area contributed by atoms with Crippen molar-refractivity contribution in [2.24, 2.45) is 23.7 Å². The van der Waals surface area contributed by atoms with Crippen molar-refractivity contribution in [2.45, 2.75) is 82.6 Å². The van der Waals surface area contributed by atoms with Gasteiger partial charge in [-0.15, -0.1) is 0 Å². The summed E-state index contributed by atoms with van der Waals surface area (Å²) in [5.41, 5.74) is 4.95. The van der Waals surface area contributed by atoms with Crippen molar-refractivity contribution in [1.29, 1.82) is 0 Å². The minimum Gasteiger partial charge on any atom is -0.392 e. The van der Waals surface area contributed by atoms with Crippen LogP contribution in [-0.4, -0.2) is 65.3 Å². The molecule has 2 heterocycles. The maximum absolute atomic E-state index is 13.1. The number of benzene rings is 3. The van der Waals surface area contributed by atoms with Crippen LogP contribution < -0.4 is 15.5 Å². The van der Waals surface area contributed by atoms with E-state index in [0.717, 1.165) is 97.7 Å². The highest BCUT2D eigenvalue weighted by Gasteiger charge is 2.51. The monoisotopic (exact) mass is 709 g/mol. The summed E-state index contributed by atoms with van der Waals surface area (Å²) in [6.07, 6.45) is 6.59. The molecule has 0 radical (unpaired) electrons. The largest absolute Gasteiger partial charge is 0.392 e. The Balaban J connectivity index is 0.905. The molecule has 0 spiro atoms. The molecular formula is C41H51N5O6. The second-order valence-corrected chi connectivity index (χ2v) is 16.1. The predicted molar refractivity (Wildman–Crippen MR) is 197 cm³/mol. The molecule has 4 aliphatic carbocycles. The summed E-state index contributed by atoms with van der Waals surface area (Å²) in [6, 6.07) is 22.9. The van der Waals surface area contributed by atoms with Crippen LogP contribution in [0, 0.1) is 33.8 Å². The number of carbonyl (C=O) groups is 1. The van der Waals surface area contributed by atoms with Crippen LogP contribution in [0.1, 0.15) is 80.1 Å². The van der Waals surface area contributed by atoms with Crippen LogP contribution in [0.2, 0.25) is 0 Å². The van der Waals surface area contributed by atoms with Gasteiger partial charge in [0.15, 0.2) is 6.29 Å². The number of nitro groups is 1. The average Bonchev–Trinajstić information content (AvgIpc) is 3.15. The fraction of sp³-hybridized carbons (Fsp3) is 0.537. The fourth-order valence-electron chi connectivity index (χ4n) is 10.1. The van der Waals surface area contributed by atoms with Gasteiger partial charge in [0, 0.05) is 74.1 Å². The Morgan fingerprint density at radius 2 is 1.44 bits per heavy atom. The normalized spacial score (nSPS) is 31.3. The number of nitrogens with zero attached hydrogens (tertiary/aromatic N) is 3. The fourth-order valence-corrected chi connectivity index (χ4v) is 10.1. The minimum atomic E-state index is -0.563. The van der Waals surface area contributed by atoms with Crippen molar-refractivity contribution in [3.05, 3.63) is 105 Å². The second-order valence-electron chi connectivity index (χ2n) is 16.1. The summed E-state index contributed by atoms with van der Waals surface area (Å²) in [7, 11) is 0. The van der Waals surface area contributed by atoms with E-state index >= 15 is 0 Å². The number of piperazine rings is 1. The Labute approximate surface area is 305 Å². The van der Waals surface area contributed by atoms with Crippen molar-refractivity contribution < 1.29 is 24.3 Å². The number of hydrogen-bond acceptors (Lipinski definition) is 8. The number of urea groups is 1. The molecular weight excluding hydrogens is 658 g/mol. The predicted octanol–water partition coefficient (Wildman–Crippen LogP) is 6.47. The molecule has 2 saturated heterocycles. The van der Waals surface area contributed by atoms with Crippen LogP contribution >= 0.6 is 0 Å². The van der Waals surface area contributed by atoms with E-state index in [1.807, 2.05) is 60.7 Å². The van der Waals surface area contributed by atoms with Gasteiger partial charge in [-0.2, -0.15) is 0 Å². The molecule has 9 rings (SSSR count). The molecule has 0 aromatic heterocycles. The lowest BCUT2D eigenvalue weighted by Gasteiger charge is -2.56. The Bertz CT molecular complexity index is 1670. The van der Waals surface area contributed by atoms with Gasteiger partial charge in [0.1, 0.15) is 0 Å². The van der Waals surface area contributed by atoms with E-state index in [0.29, 0.717) is 6.54 Å². The van der Waals surface area contributed by atoms with Crippen LogP contribution in [0.4, 0.5) is 16.2 Å². The first kappa shape index (κ1) is 35.0. The molecule has 11 heteroatoms. The highest BCUT2D eigenvalue weighted by atomic mass is 16.7.